The van der Waals surface area contributed by atoms with Gasteiger partial charge in [0.05, 0.1) is 12.1 Å². The molecule has 4 nitrogen and oxygen atoms in total. The maximum absolute atomic E-state index is 5.76. The summed E-state index contributed by atoms with van der Waals surface area (Å²) in [7, 11) is 1.92. The van der Waals surface area contributed by atoms with Gasteiger partial charge in [0.15, 0.2) is 0 Å². The minimum atomic E-state index is 0.458. The summed E-state index contributed by atoms with van der Waals surface area (Å²) in [6.07, 6.45) is 8.59. The van der Waals surface area contributed by atoms with Crippen molar-refractivity contribution in [3.8, 4) is 0 Å². The van der Waals surface area contributed by atoms with E-state index in [1.54, 1.807) is 6.20 Å². The molecule has 80 valence electrons. The van der Waals surface area contributed by atoms with Gasteiger partial charge in [0.25, 0.3) is 0 Å². The lowest BCUT2D eigenvalue weighted by molar-refractivity contribution is 0.668. The van der Waals surface area contributed by atoms with Gasteiger partial charge in [-0.1, -0.05) is 0 Å². The summed E-state index contributed by atoms with van der Waals surface area (Å²) in [5.41, 5.74) is 1.23. The molecule has 0 amide bonds. The second-order valence-electron chi connectivity index (χ2n) is 3.44. The Labute approximate surface area is 93.5 Å². The lowest BCUT2D eigenvalue weighted by Gasteiger charge is -2.03. The molecule has 0 aliphatic heterocycles. The SMILES string of the molecule is Cn1cc(CCn2ccnc2CCl)cn1. The quantitative estimate of drug-likeness (QED) is 0.740. The molecule has 0 aliphatic carbocycles. The Morgan fingerprint density at radius 3 is 3.00 bits per heavy atom. The van der Waals surface area contributed by atoms with Crippen LogP contribution in [0.1, 0.15) is 11.4 Å². The Kier molecular flexibility index (Phi) is 3.06. The highest BCUT2D eigenvalue weighted by atomic mass is 35.5. The zero-order valence-electron chi connectivity index (χ0n) is 8.60. The number of rotatable bonds is 4. The van der Waals surface area contributed by atoms with Crippen molar-refractivity contribution in [1.82, 2.24) is 19.3 Å². The van der Waals surface area contributed by atoms with Crippen LogP contribution in [-0.4, -0.2) is 19.3 Å². The maximum atomic E-state index is 5.76. The van der Waals surface area contributed by atoms with Crippen molar-refractivity contribution in [2.75, 3.05) is 0 Å². The fourth-order valence-corrected chi connectivity index (χ4v) is 1.75. The van der Waals surface area contributed by atoms with Crippen molar-refractivity contribution < 1.29 is 0 Å². The fourth-order valence-electron chi connectivity index (χ4n) is 1.53. The Hall–Kier alpha value is -1.29. The van der Waals surface area contributed by atoms with Crippen molar-refractivity contribution >= 4 is 11.6 Å². The average Bonchev–Trinajstić information content (AvgIpc) is 2.83. The van der Waals surface area contributed by atoms with E-state index in [1.807, 2.05) is 30.3 Å². The van der Waals surface area contributed by atoms with Gasteiger partial charge >= 0.3 is 0 Å². The van der Waals surface area contributed by atoms with Crippen LogP contribution >= 0.6 is 11.6 Å². The van der Waals surface area contributed by atoms with E-state index < -0.39 is 0 Å². The van der Waals surface area contributed by atoms with Crippen LogP contribution in [0.15, 0.2) is 24.8 Å². The Bertz CT molecular complexity index is 432. The first-order chi connectivity index (χ1) is 7.29. The van der Waals surface area contributed by atoms with Gasteiger partial charge < -0.3 is 4.57 Å². The average molecular weight is 225 g/mol. The van der Waals surface area contributed by atoms with Gasteiger partial charge in [0.1, 0.15) is 5.82 Å². The number of aryl methyl sites for hydroxylation is 3. The van der Waals surface area contributed by atoms with Crippen molar-refractivity contribution in [2.24, 2.45) is 7.05 Å². The molecule has 2 rings (SSSR count). The summed E-state index contributed by atoms with van der Waals surface area (Å²) in [5.74, 6) is 1.38. The van der Waals surface area contributed by atoms with Crippen molar-refractivity contribution in [3.63, 3.8) is 0 Å². The molecule has 2 heterocycles. The monoisotopic (exact) mass is 224 g/mol. The summed E-state index contributed by atoms with van der Waals surface area (Å²) >= 11 is 5.76. The van der Waals surface area contributed by atoms with E-state index in [2.05, 4.69) is 14.6 Å². The molecule has 5 heteroatoms. The number of imidazole rings is 1. The molecule has 0 saturated heterocycles. The molecule has 0 atom stereocenters. The molecular formula is C10H13ClN4. The van der Waals surface area contributed by atoms with E-state index in [9.17, 15) is 0 Å². The number of alkyl halides is 1. The molecule has 15 heavy (non-hydrogen) atoms. The standard InChI is InChI=1S/C10H13ClN4/c1-14-8-9(7-13-14)2-4-15-5-3-12-10(15)6-11/h3,5,7-8H,2,4,6H2,1H3. The van der Waals surface area contributed by atoms with Gasteiger partial charge in [0.2, 0.25) is 0 Å². The fraction of sp³-hybridized carbons (Fsp3) is 0.400. The second kappa shape index (κ2) is 4.49. The van der Waals surface area contributed by atoms with Crippen LogP contribution in [0.25, 0.3) is 0 Å². The van der Waals surface area contributed by atoms with Crippen LogP contribution in [0.2, 0.25) is 0 Å². The van der Waals surface area contributed by atoms with Crippen LogP contribution in [0.5, 0.6) is 0 Å². The Morgan fingerprint density at radius 1 is 1.47 bits per heavy atom. The van der Waals surface area contributed by atoms with Crippen molar-refractivity contribution in [1.29, 1.82) is 0 Å². The van der Waals surface area contributed by atoms with E-state index in [4.69, 9.17) is 11.6 Å². The van der Waals surface area contributed by atoms with Crippen LogP contribution in [0.4, 0.5) is 0 Å². The second-order valence-corrected chi connectivity index (χ2v) is 3.71. The molecule has 0 bridgehead atoms. The number of aromatic nitrogens is 4. The normalized spacial score (nSPS) is 10.8. The number of nitrogens with zero attached hydrogens (tertiary/aromatic N) is 4. The number of hydrogen-bond acceptors (Lipinski definition) is 2. The molecule has 0 fully saturated rings. The van der Waals surface area contributed by atoms with E-state index in [1.165, 1.54) is 5.56 Å². The third kappa shape index (κ3) is 2.39. The van der Waals surface area contributed by atoms with Crippen LogP contribution < -0.4 is 0 Å². The molecule has 2 aromatic rings. The van der Waals surface area contributed by atoms with Gasteiger partial charge in [-0.15, -0.1) is 11.6 Å². The first-order valence-electron chi connectivity index (χ1n) is 4.83. The molecule has 0 aliphatic rings. The molecular weight excluding hydrogens is 212 g/mol. The van der Waals surface area contributed by atoms with Crippen LogP contribution in [-0.2, 0) is 25.9 Å². The van der Waals surface area contributed by atoms with Gasteiger partial charge in [-0.25, -0.2) is 4.98 Å². The lowest BCUT2D eigenvalue weighted by atomic mass is 10.2. The zero-order valence-corrected chi connectivity index (χ0v) is 9.35. The summed E-state index contributed by atoms with van der Waals surface area (Å²) in [4.78, 5) is 4.16. The zero-order chi connectivity index (χ0) is 10.7. The predicted octanol–water partition coefficient (Wildman–Crippen LogP) is 1.60. The molecule has 0 unspecified atom stereocenters. The first kappa shape index (κ1) is 10.2. The van der Waals surface area contributed by atoms with E-state index >= 15 is 0 Å². The van der Waals surface area contributed by atoms with Crippen LogP contribution in [0.3, 0.4) is 0 Å². The van der Waals surface area contributed by atoms with E-state index in [0.717, 1.165) is 18.8 Å². The largest absolute Gasteiger partial charge is 0.334 e. The molecule has 0 saturated carbocycles. The lowest BCUT2D eigenvalue weighted by Crippen LogP contribution is -2.03. The molecule has 2 aromatic heterocycles. The summed E-state index contributed by atoms with van der Waals surface area (Å²) in [6.45, 7) is 0.897. The predicted molar refractivity (Wildman–Crippen MR) is 58.7 cm³/mol. The molecule has 0 aromatic carbocycles. The first-order valence-corrected chi connectivity index (χ1v) is 5.36. The highest BCUT2D eigenvalue weighted by Crippen LogP contribution is 2.05. The van der Waals surface area contributed by atoms with E-state index in [0.29, 0.717) is 5.88 Å². The van der Waals surface area contributed by atoms with Crippen LogP contribution in [0, 0.1) is 0 Å². The smallest absolute Gasteiger partial charge is 0.123 e. The van der Waals surface area contributed by atoms with E-state index in [-0.39, 0.29) is 0 Å². The van der Waals surface area contributed by atoms with Gasteiger partial charge in [-0.05, 0) is 12.0 Å². The summed E-state index contributed by atoms with van der Waals surface area (Å²) < 4.78 is 3.88. The Morgan fingerprint density at radius 2 is 2.33 bits per heavy atom. The minimum absolute atomic E-state index is 0.458. The van der Waals surface area contributed by atoms with Gasteiger partial charge in [-0.2, -0.15) is 5.10 Å². The number of hydrogen-bond donors (Lipinski definition) is 0. The third-order valence-corrected chi connectivity index (χ3v) is 2.56. The third-order valence-electron chi connectivity index (χ3n) is 2.32. The molecule has 0 spiro atoms. The van der Waals surface area contributed by atoms with Crippen molar-refractivity contribution in [3.05, 3.63) is 36.2 Å². The van der Waals surface area contributed by atoms with Gasteiger partial charge in [0, 0.05) is 32.2 Å². The molecule has 0 N–H and O–H groups in total. The summed E-state index contributed by atoms with van der Waals surface area (Å²) in [6, 6.07) is 0. The topological polar surface area (TPSA) is 35.6 Å². The van der Waals surface area contributed by atoms with Crippen molar-refractivity contribution in [2.45, 2.75) is 18.8 Å². The summed E-state index contributed by atoms with van der Waals surface area (Å²) in [5, 5.41) is 4.12. The maximum Gasteiger partial charge on any atom is 0.123 e. The van der Waals surface area contributed by atoms with Gasteiger partial charge in [-0.3, -0.25) is 4.68 Å². The highest BCUT2D eigenvalue weighted by Gasteiger charge is 2.02. The molecule has 0 radical (unpaired) electrons. The number of halogens is 1. The highest BCUT2D eigenvalue weighted by molar-refractivity contribution is 6.16. The Balaban J connectivity index is 1.98. The minimum Gasteiger partial charge on any atom is -0.334 e.